The molecule has 1 heterocycles. The summed E-state index contributed by atoms with van der Waals surface area (Å²) in [5, 5.41) is 3.08. The molecule has 0 bridgehead atoms. The predicted molar refractivity (Wildman–Crippen MR) is 82.3 cm³/mol. The van der Waals surface area contributed by atoms with Crippen molar-refractivity contribution in [2.75, 3.05) is 26.7 Å². The summed E-state index contributed by atoms with van der Waals surface area (Å²) in [6, 6.07) is 4.04. The first kappa shape index (κ1) is 16.7. The summed E-state index contributed by atoms with van der Waals surface area (Å²) >= 11 is 5.69. The van der Waals surface area contributed by atoms with Crippen LogP contribution >= 0.6 is 11.6 Å². The number of benzene rings is 1. The summed E-state index contributed by atoms with van der Waals surface area (Å²) in [5.74, 6) is -0.142. The Labute approximate surface area is 130 Å². The Kier molecular flexibility index (Phi) is 5.60. The highest BCUT2D eigenvalue weighted by molar-refractivity contribution is 7.88. The van der Waals surface area contributed by atoms with Gasteiger partial charge in [-0.1, -0.05) is 17.7 Å². The Morgan fingerprint density at radius 2 is 2.05 bits per heavy atom. The van der Waals surface area contributed by atoms with Crippen molar-refractivity contribution < 1.29 is 12.8 Å². The molecule has 0 amide bonds. The predicted octanol–water partition coefficient (Wildman–Crippen LogP) is 2.24. The van der Waals surface area contributed by atoms with Crippen molar-refractivity contribution in [2.24, 2.45) is 5.92 Å². The van der Waals surface area contributed by atoms with E-state index in [1.165, 1.54) is 22.5 Å². The summed E-state index contributed by atoms with van der Waals surface area (Å²) in [7, 11) is -1.47. The third-order valence-electron chi connectivity index (χ3n) is 3.79. The molecule has 0 aliphatic carbocycles. The van der Waals surface area contributed by atoms with Crippen LogP contribution in [0.25, 0.3) is 0 Å². The Hall–Kier alpha value is -0.690. The van der Waals surface area contributed by atoms with Crippen LogP contribution < -0.4 is 5.32 Å². The lowest BCUT2D eigenvalue weighted by molar-refractivity contribution is 0.270. The average molecular weight is 335 g/mol. The standard InChI is InChI=1S/C14H20ClFN2O2S/c1-17-9-11-4-6-18(7-5-11)21(19,20)10-12-2-3-14(16)13(15)8-12/h2-3,8,11,17H,4-7,9-10H2,1H3. The van der Waals surface area contributed by atoms with Crippen LogP contribution in [-0.2, 0) is 15.8 Å². The van der Waals surface area contributed by atoms with E-state index in [0.29, 0.717) is 24.6 Å². The second-order valence-corrected chi connectivity index (χ2v) is 7.78. The summed E-state index contributed by atoms with van der Waals surface area (Å²) in [6.45, 7) is 2.01. The van der Waals surface area contributed by atoms with E-state index in [-0.39, 0.29) is 10.8 Å². The lowest BCUT2D eigenvalue weighted by atomic mass is 9.98. The van der Waals surface area contributed by atoms with E-state index in [9.17, 15) is 12.8 Å². The number of rotatable bonds is 5. The van der Waals surface area contributed by atoms with Crippen LogP contribution in [0.4, 0.5) is 4.39 Å². The first-order valence-electron chi connectivity index (χ1n) is 6.98. The van der Waals surface area contributed by atoms with E-state index in [2.05, 4.69) is 5.32 Å². The normalized spacial score (nSPS) is 18.0. The van der Waals surface area contributed by atoms with Crippen LogP contribution in [0, 0.1) is 11.7 Å². The van der Waals surface area contributed by atoms with Crippen molar-refractivity contribution in [3.05, 3.63) is 34.6 Å². The molecule has 1 saturated heterocycles. The van der Waals surface area contributed by atoms with Gasteiger partial charge < -0.3 is 5.32 Å². The zero-order valence-electron chi connectivity index (χ0n) is 12.0. The number of hydrogen-bond donors (Lipinski definition) is 1. The maximum Gasteiger partial charge on any atom is 0.218 e. The van der Waals surface area contributed by atoms with Crippen LogP contribution in [0.15, 0.2) is 18.2 Å². The summed E-state index contributed by atoms with van der Waals surface area (Å²) in [5.41, 5.74) is 0.513. The molecule has 4 nitrogen and oxygen atoms in total. The zero-order chi connectivity index (χ0) is 15.5. The number of piperidine rings is 1. The van der Waals surface area contributed by atoms with Gasteiger partial charge in [-0.2, -0.15) is 0 Å². The molecular formula is C14H20ClFN2O2S. The first-order chi connectivity index (χ1) is 9.92. The van der Waals surface area contributed by atoms with Gasteiger partial charge in [-0.15, -0.1) is 0 Å². The number of nitrogens with zero attached hydrogens (tertiary/aromatic N) is 1. The van der Waals surface area contributed by atoms with Gasteiger partial charge in [-0.3, -0.25) is 0 Å². The maximum absolute atomic E-state index is 13.1. The SMILES string of the molecule is CNCC1CCN(S(=O)(=O)Cc2ccc(F)c(Cl)c2)CC1. The van der Waals surface area contributed by atoms with Crippen LogP contribution in [0.3, 0.4) is 0 Å². The fraction of sp³-hybridized carbons (Fsp3) is 0.571. The number of hydrogen-bond acceptors (Lipinski definition) is 3. The minimum Gasteiger partial charge on any atom is -0.319 e. The topological polar surface area (TPSA) is 49.4 Å². The molecule has 0 unspecified atom stereocenters. The maximum atomic E-state index is 13.1. The van der Waals surface area contributed by atoms with E-state index in [1.54, 1.807) is 0 Å². The molecule has 1 aliphatic rings. The highest BCUT2D eigenvalue weighted by atomic mass is 35.5. The zero-order valence-corrected chi connectivity index (χ0v) is 13.6. The molecule has 21 heavy (non-hydrogen) atoms. The minimum absolute atomic E-state index is 0.0459. The molecule has 1 aromatic rings. The van der Waals surface area contributed by atoms with Crippen LogP contribution in [0.1, 0.15) is 18.4 Å². The molecule has 118 valence electrons. The van der Waals surface area contributed by atoms with Gasteiger partial charge in [0.2, 0.25) is 10.0 Å². The number of halogens is 2. The second-order valence-electron chi connectivity index (χ2n) is 5.40. The van der Waals surface area contributed by atoms with Gasteiger partial charge >= 0.3 is 0 Å². The van der Waals surface area contributed by atoms with Crippen molar-refractivity contribution in [3.63, 3.8) is 0 Å². The number of nitrogens with one attached hydrogen (secondary N) is 1. The van der Waals surface area contributed by atoms with Crippen molar-refractivity contribution in [3.8, 4) is 0 Å². The molecule has 2 rings (SSSR count). The van der Waals surface area contributed by atoms with Crippen molar-refractivity contribution in [2.45, 2.75) is 18.6 Å². The van der Waals surface area contributed by atoms with E-state index < -0.39 is 15.8 Å². The molecule has 0 radical (unpaired) electrons. The van der Waals surface area contributed by atoms with Gasteiger partial charge in [0.15, 0.2) is 0 Å². The summed E-state index contributed by atoms with van der Waals surface area (Å²) in [6.07, 6.45) is 1.73. The van der Waals surface area contributed by atoms with Gasteiger partial charge in [0.1, 0.15) is 5.82 Å². The van der Waals surface area contributed by atoms with Crippen LogP contribution in [0.5, 0.6) is 0 Å². The highest BCUT2D eigenvalue weighted by Gasteiger charge is 2.27. The van der Waals surface area contributed by atoms with Crippen molar-refractivity contribution in [1.29, 1.82) is 0 Å². The lowest BCUT2D eigenvalue weighted by Crippen LogP contribution is -2.40. The fourth-order valence-electron chi connectivity index (χ4n) is 2.61. The Morgan fingerprint density at radius 1 is 1.38 bits per heavy atom. The largest absolute Gasteiger partial charge is 0.319 e. The average Bonchev–Trinajstić information content (AvgIpc) is 2.44. The summed E-state index contributed by atoms with van der Waals surface area (Å²) in [4.78, 5) is 0. The van der Waals surface area contributed by atoms with E-state index in [1.807, 2.05) is 7.05 Å². The highest BCUT2D eigenvalue weighted by Crippen LogP contribution is 2.23. The van der Waals surface area contributed by atoms with Gasteiger partial charge in [-0.25, -0.2) is 17.1 Å². The van der Waals surface area contributed by atoms with E-state index >= 15 is 0 Å². The lowest BCUT2D eigenvalue weighted by Gasteiger charge is -2.31. The van der Waals surface area contributed by atoms with Crippen molar-refractivity contribution in [1.82, 2.24) is 9.62 Å². The monoisotopic (exact) mass is 334 g/mol. The molecule has 1 fully saturated rings. The third-order valence-corrected chi connectivity index (χ3v) is 5.93. The van der Waals surface area contributed by atoms with Gasteiger partial charge in [0.25, 0.3) is 0 Å². The Morgan fingerprint density at radius 3 is 2.62 bits per heavy atom. The molecule has 7 heteroatoms. The molecular weight excluding hydrogens is 315 g/mol. The van der Waals surface area contributed by atoms with E-state index in [0.717, 1.165) is 19.4 Å². The molecule has 0 spiro atoms. The Bertz CT molecular complexity index is 587. The van der Waals surface area contributed by atoms with Crippen molar-refractivity contribution >= 4 is 21.6 Å². The molecule has 0 aromatic heterocycles. The smallest absolute Gasteiger partial charge is 0.218 e. The van der Waals surface area contributed by atoms with Crippen LogP contribution in [0.2, 0.25) is 5.02 Å². The van der Waals surface area contributed by atoms with Crippen LogP contribution in [-0.4, -0.2) is 39.4 Å². The molecule has 1 aliphatic heterocycles. The first-order valence-corrected chi connectivity index (χ1v) is 8.97. The number of sulfonamides is 1. The van der Waals surface area contributed by atoms with E-state index in [4.69, 9.17) is 11.6 Å². The molecule has 1 aromatic carbocycles. The quantitative estimate of drug-likeness (QED) is 0.898. The minimum atomic E-state index is -3.37. The van der Waals surface area contributed by atoms with Gasteiger partial charge in [0.05, 0.1) is 10.8 Å². The summed E-state index contributed by atoms with van der Waals surface area (Å²) < 4.78 is 39.4. The fourth-order valence-corrected chi connectivity index (χ4v) is 4.37. The molecule has 0 atom stereocenters. The van der Waals surface area contributed by atoms with Gasteiger partial charge in [-0.05, 0) is 50.0 Å². The second kappa shape index (κ2) is 7.05. The van der Waals surface area contributed by atoms with Gasteiger partial charge in [0, 0.05) is 13.1 Å². The Balaban J connectivity index is 2.00. The molecule has 0 saturated carbocycles. The molecule has 1 N–H and O–H groups in total. The third kappa shape index (κ3) is 4.39.